The Bertz CT molecular complexity index is 347. The third-order valence-corrected chi connectivity index (χ3v) is 2.91. The molecule has 0 heterocycles. The summed E-state index contributed by atoms with van der Waals surface area (Å²) in [5.41, 5.74) is 2.56. The van der Waals surface area contributed by atoms with Crippen molar-refractivity contribution < 1.29 is 4.74 Å². The average Bonchev–Trinajstić information content (AvgIpc) is 2.32. The summed E-state index contributed by atoms with van der Waals surface area (Å²) >= 11 is 0. The van der Waals surface area contributed by atoms with Crippen molar-refractivity contribution in [3.63, 3.8) is 0 Å². The Morgan fingerprint density at radius 3 is 2.72 bits per heavy atom. The maximum atomic E-state index is 5.89. The molecule has 0 bridgehead atoms. The van der Waals surface area contributed by atoms with Crippen molar-refractivity contribution in [2.24, 2.45) is 5.92 Å². The molecule has 1 N–H and O–H groups in total. The minimum absolute atomic E-state index is 0.692. The molecule has 0 amide bonds. The van der Waals surface area contributed by atoms with Gasteiger partial charge in [0.2, 0.25) is 0 Å². The molecule has 0 unspecified atom stereocenters. The Kier molecular flexibility index (Phi) is 6.81. The average molecular weight is 249 g/mol. The molecule has 1 aromatic carbocycles. The van der Waals surface area contributed by atoms with E-state index in [4.69, 9.17) is 4.74 Å². The SMILES string of the molecule is CCCNCc1cc(C)ccc1OCCC(C)C. The van der Waals surface area contributed by atoms with Crippen LogP contribution in [-0.2, 0) is 6.54 Å². The summed E-state index contributed by atoms with van der Waals surface area (Å²) in [6.07, 6.45) is 2.27. The second-order valence-electron chi connectivity index (χ2n) is 5.32. The van der Waals surface area contributed by atoms with Crippen molar-refractivity contribution in [2.75, 3.05) is 13.2 Å². The zero-order chi connectivity index (χ0) is 13.4. The van der Waals surface area contributed by atoms with Gasteiger partial charge in [0.25, 0.3) is 0 Å². The van der Waals surface area contributed by atoms with Crippen molar-refractivity contribution in [1.82, 2.24) is 5.32 Å². The van der Waals surface area contributed by atoms with Gasteiger partial charge in [-0.2, -0.15) is 0 Å². The fraction of sp³-hybridized carbons (Fsp3) is 0.625. The van der Waals surface area contributed by atoms with E-state index >= 15 is 0 Å². The lowest BCUT2D eigenvalue weighted by Gasteiger charge is -2.14. The van der Waals surface area contributed by atoms with E-state index in [0.29, 0.717) is 5.92 Å². The zero-order valence-electron chi connectivity index (χ0n) is 12.3. The summed E-state index contributed by atoms with van der Waals surface area (Å²) in [5.74, 6) is 1.72. The zero-order valence-corrected chi connectivity index (χ0v) is 12.3. The Morgan fingerprint density at radius 2 is 2.06 bits per heavy atom. The first kappa shape index (κ1) is 15.0. The maximum Gasteiger partial charge on any atom is 0.123 e. The normalized spacial score (nSPS) is 10.9. The van der Waals surface area contributed by atoms with Crippen molar-refractivity contribution in [2.45, 2.75) is 47.1 Å². The van der Waals surface area contributed by atoms with Gasteiger partial charge in [0.05, 0.1) is 6.61 Å². The number of ether oxygens (including phenoxy) is 1. The van der Waals surface area contributed by atoms with Gasteiger partial charge in [0.15, 0.2) is 0 Å². The van der Waals surface area contributed by atoms with Crippen LogP contribution in [0.5, 0.6) is 5.75 Å². The molecule has 0 radical (unpaired) electrons. The van der Waals surface area contributed by atoms with E-state index in [1.165, 1.54) is 11.1 Å². The van der Waals surface area contributed by atoms with Crippen LogP contribution < -0.4 is 10.1 Å². The molecule has 2 heteroatoms. The second kappa shape index (κ2) is 8.15. The molecule has 0 atom stereocenters. The summed E-state index contributed by atoms with van der Waals surface area (Å²) in [7, 11) is 0. The summed E-state index contributed by atoms with van der Waals surface area (Å²) in [6.45, 7) is 11.5. The molecule has 1 aromatic rings. The summed E-state index contributed by atoms with van der Waals surface area (Å²) < 4.78 is 5.89. The summed E-state index contributed by atoms with van der Waals surface area (Å²) in [5, 5.41) is 3.44. The van der Waals surface area contributed by atoms with Gasteiger partial charge in [-0.3, -0.25) is 0 Å². The Balaban J connectivity index is 2.58. The van der Waals surface area contributed by atoms with Crippen LogP contribution in [-0.4, -0.2) is 13.2 Å². The molecule has 0 spiro atoms. The quantitative estimate of drug-likeness (QED) is 0.705. The molecular formula is C16H27NO. The number of hydrogen-bond donors (Lipinski definition) is 1. The smallest absolute Gasteiger partial charge is 0.123 e. The third kappa shape index (κ3) is 5.54. The highest BCUT2D eigenvalue weighted by Gasteiger charge is 2.04. The fourth-order valence-corrected chi connectivity index (χ4v) is 1.79. The van der Waals surface area contributed by atoms with Gasteiger partial charge in [-0.25, -0.2) is 0 Å². The first-order valence-electron chi connectivity index (χ1n) is 7.06. The largest absolute Gasteiger partial charge is 0.493 e. The van der Waals surface area contributed by atoms with Crippen LogP contribution in [0.3, 0.4) is 0 Å². The Labute approximate surface area is 112 Å². The fourth-order valence-electron chi connectivity index (χ4n) is 1.79. The van der Waals surface area contributed by atoms with Crippen LogP contribution in [0.4, 0.5) is 0 Å². The number of hydrogen-bond acceptors (Lipinski definition) is 2. The summed E-state index contributed by atoms with van der Waals surface area (Å²) in [6, 6.07) is 6.43. The Hall–Kier alpha value is -1.02. The van der Waals surface area contributed by atoms with Gasteiger partial charge in [0.1, 0.15) is 5.75 Å². The molecule has 0 fully saturated rings. The standard InChI is InChI=1S/C16H27NO/c1-5-9-17-12-15-11-14(4)6-7-16(15)18-10-8-13(2)3/h6-7,11,13,17H,5,8-10,12H2,1-4H3. The molecule has 1 rings (SSSR count). The van der Waals surface area contributed by atoms with Crippen LogP contribution in [0.15, 0.2) is 18.2 Å². The van der Waals surface area contributed by atoms with Crippen molar-refractivity contribution in [3.05, 3.63) is 29.3 Å². The van der Waals surface area contributed by atoms with E-state index in [1.807, 2.05) is 0 Å². The van der Waals surface area contributed by atoms with Gasteiger partial charge in [0, 0.05) is 12.1 Å². The molecule has 2 nitrogen and oxygen atoms in total. The van der Waals surface area contributed by atoms with Gasteiger partial charge in [-0.1, -0.05) is 38.5 Å². The first-order valence-corrected chi connectivity index (χ1v) is 7.06. The van der Waals surface area contributed by atoms with Crippen LogP contribution in [0.1, 0.15) is 44.7 Å². The Morgan fingerprint density at radius 1 is 1.28 bits per heavy atom. The lowest BCUT2D eigenvalue weighted by Crippen LogP contribution is -2.15. The van der Waals surface area contributed by atoms with Gasteiger partial charge < -0.3 is 10.1 Å². The van der Waals surface area contributed by atoms with Gasteiger partial charge in [-0.05, 0) is 38.3 Å². The lowest BCUT2D eigenvalue weighted by atomic mass is 10.1. The van der Waals surface area contributed by atoms with Crippen LogP contribution in [0.2, 0.25) is 0 Å². The van der Waals surface area contributed by atoms with E-state index < -0.39 is 0 Å². The van der Waals surface area contributed by atoms with E-state index in [-0.39, 0.29) is 0 Å². The number of nitrogens with one attached hydrogen (secondary N) is 1. The number of rotatable bonds is 8. The van der Waals surface area contributed by atoms with Crippen molar-refractivity contribution in [3.8, 4) is 5.75 Å². The summed E-state index contributed by atoms with van der Waals surface area (Å²) in [4.78, 5) is 0. The molecular weight excluding hydrogens is 222 g/mol. The molecule has 18 heavy (non-hydrogen) atoms. The number of aryl methyl sites for hydroxylation is 1. The molecule has 0 aliphatic carbocycles. The van der Waals surface area contributed by atoms with Crippen molar-refractivity contribution in [1.29, 1.82) is 0 Å². The minimum atomic E-state index is 0.692. The highest BCUT2D eigenvalue weighted by molar-refractivity contribution is 5.36. The molecule has 0 saturated carbocycles. The van der Waals surface area contributed by atoms with Crippen LogP contribution in [0, 0.1) is 12.8 Å². The lowest BCUT2D eigenvalue weighted by molar-refractivity contribution is 0.286. The third-order valence-electron chi connectivity index (χ3n) is 2.91. The van der Waals surface area contributed by atoms with E-state index in [2.05, 4.69) is 51.2 Å². The molecule has 0 aliphatic heterocycles. The molecule has 0 aliphatic rings. The van der Waals surface area contributed by atoms with Crippen LogP contribution in [0.25, 0.3) is 0 Å². The predicted molar refractivity (Wildman–Crippen MR) is 78.1 cm³/mol. The molecule has 0 aromatic heterocycles. The van der Waals surface area contributed by atoms with E-state index in [9.17, 15) is 0 Å². The second-order valence-corrected chi connectivity index (χ2v) is 5.32. The highest BCUT2D eigenvalue weighted by Crippen LogP contribution is 2.20. The van der Waals surface area contributed by atoms with E-state index in [1.54, 1.807) is 0 Å². The maximum absolute atomic E-state index is 5.89. The topological polar surface area (TPSA) is 21.3 Å². The first-order chi connectivity index (χ1) is 8.63. The van der Waals surface area contributed by atoms with Crippen molar-refractivity contribution >= 4 is 0 Å². The molecule has 102 valence electrons. The van der Waals surface area contributed by atoms with Crippen LogP contribution >= 0.6 is 0 Å². The van der Waals surface area contributed by atoms with E-state index in [0.717, 1.165) is 38.3 Å². The predicted octanol–water partition coefficient (Wildman–Crippen LogP) is 3.92. The van der Waals surface area contributed by atoms with Gasteiger partial charge >= 0.3 is 0 Å². The highest BCUT2D eigenvalue weighted by atomic mass is 16.5. The minimum Gasteiger partial charge on any atom is -0.493 e. The monoisotopic (exact) mass is 249 g/mol. The molecule has 0 saturated heterocycles. The van der Waals surface area contributed by atoms with Gasteiger partial charge in [-0.15, -0.1) is 0 Å². The number of benzene rings is 1.